The number of benzene rings is 1. The predicted molar refractivity (Wildman–Crippen MR) is 141 cm³/mol. The van der Waals surface area contributed by atoms with Crippen LogP contribution in [0.5, 0.6) is 0 Å². The van der Waals surface area contributed by atoms with Crippen molar-refractivity contribution in [1.82, 2.24) is 44.5 Å². The second kappa shape index (κ2) is 10.3. The standard InChI is InChI=1S/C27H31N9O/c1-5-6-7-23-17-35(26-19(4)14-29-36(26)18(2)3)27(37)34(23)16-22-15-28-13-12-24(22)20-8-10-21(11-9-20)25-30-32-33-31-25/h8-15,17-18H,5-7,16H2,1-4H3,(H,30,31,32,33). The van der Waals surface area contributed by atoms with Crippen molar-refractivity contribution < 1.29 is 0 Å². The van der Waals surface area contributed by atoms with Crippen molar-refractivity contribution >= 4 is 0 Å². The van der Waals surface area contributed by atoms with Gasteiger partial charge < -0.3 is 0 Å². The molecule has 0 saturated carbocycles. The van der Waals surface area contributed by atoms with Crippen LogP contribution in [0.4, 0.5) is 0 Å². The van der Waals surface area contributed by atoms with Crippen LogP contribution >= 0.6 is 0 Å². The normalized spacial score (nSPS) is 11.5. The molecule has 0 spiro atoms. The van der Waals surface area contributed by atoms with E-state index in [1.165, 1.54) is 0 Å². The summed E-state index contributed by atoms with van der Waals surface area (Å²) < 4.78 is 5.54. The van der Waals surface area contributed by atoms with Gasteiger partial charge in [0.1, 0.15) is 5.82 Å². The van der Waals surface area contributed by atoms with Gasteiger partial charge in [0, 0.05) is 41.5 Å². The van der Waals surface area contributed by atoms with Gasteiger partial charge in [0.2, 0.25) is 0 Å². The first-order valence-electron chi connectivity index (χ1n) is 12.6. The zero-order valence-electron chi connectivity index (χ0n) is 21.6. The molecule has 4 heterocycles. The molecule has 1 N–H and O–H groups in total. The third-order valence-electron chi connectivity index (χ3n) is 6.56. The molecule has 37 heavy (non-hydrogen) atoms. The number of aromatic amines is 1. The van der Waals surface area contributed by atoms with Crippen LogP contribution in [0, 0.1) is 6.92 Å². The number of aryl methyl sites for hydroxylation is 2. The first kappa shape index (κ1) is 24.4. The molecule has 0 fully saturated rings. The highest BCUT2D eigenvalue weighted by Crippen LogP contribution is 2.27. The first-order chi connectivity index (χ1) is 18.0. The number of nitrogens with zero attached hydrogens (tertiary/aromatic N) is 8. The number of tetrazole rings is 1. The van der Waals surface area contributed by atoms with Gasteiger partial charge in [0.05, 0.1) is 12.7 Å². The zero-order chi connectivity index (χ0) is 25.9. The number of hydrogen-bond acceptors (Lipinski definition) is 6. The van der Waals surface area contributed by atoms with E-state index >= 15 is 0 Å². The van der Waals surface area contributed by atoms with E-state index in [1.54, 1.807) is 10.8 Å². The summed E-state index contributed by atoms with van der Waals surface area (Å²) in [4.78, 5) is 18.2. The van der Waals surface area contributed by atoms with Crippen LogP contribution in [0.1, 0.15) is 56.5 Å². The number of nitrogens with one attached hydrogen (secondary N) is 1. The van der Waals surface area contributed by atoms with Gasteiger partial charge in [-0.1, -0.05) is 37.6 Å². The fraction of sp³-hybridized carbons (Fsp3) is 0.333. The number of imidazole rings is 1. The molecule has 0 aliphatic heterocycles. The average molecular weight is 498 g/mol. The Morgan fingerprint density at radius 2 is 1.84 bits per heavy atom. The van der Waals surface area contributed by atoms with Crippen molar-refractivity contribution in [3.05, 3.63) is 82.4 Å². The fourth-order valence-corrected chi connectivity index (χ4v) is 4.62. The lowest BCUT2D eigenvalue weighted by Crippen LogP contribution is -2.27. The van der Waals surface area contributed by atoms with Gasteiger partial charge in [-0.15, -0.1) is 5.10 Å². The summed E-state index contributed by atoms with van der Waals surface area (Å²) in [6.45, 7) is 8.73. The molecular weight excluding hydrogens is 466 g/mol. The Balaban J connectivity index is 1.55. The highest BCUT2D eigenvalue weighted by Gasteiger charge is 2.20. The molecule has 5 aromatic rings. The third kappa shape index (κ3) is 4.74. The minimum atomic E-state index is -0.0698. The van der Waals surface area contributed by atoms with Gasteiger partial charge in [0.25, 0.3) is 0 Å². The van der Waals surface area contributed by atoms with Crippen molar-refractivity contribution in [1.29, 1.82) is 0 Å². The molecule has 1 aromatic carbocycles. The highest BCUT2D eigenvalue weighted by molar-refractivity contribution is 5.69. The molecular formula is C27H31N9O. The molecule has 0 bridgehead atoms. The van der Waals surface area contributed by atoms with Gasteiger partial charge in [-0.25, -0.2) is 14.6 Å². The number of unbranched alkanes of at least 4 members (excludes halogenated alkanes) is 1. The maximum absolute atomic E-state index is 13.8. The number of pyridine rings is 1. The summed E-state index contributed by atoms with van der Waals surface area (Å²) in [6.07, 6.45) is 10.3. The number of H-pyrrole nitrogens is 1. The Bertz CT molecular complexity index is 1540. The third-order valence-corrected chi connectivity index (χ3v) is 6.56. The predicted octanol–water partition coefficient (Wildman–Crippen LogP) is 4.36. The fourth-order valence-electron chi connectivity index (χ4n) is 4.62. The van der Waals surface area contributed by atoms with E-state index in [0.717, 1.165) is 58.6 Å². The lowest BCUT2D eigenvalue weighted by atomic mass is 10.00. The van der Waals surface area contributed by atoms with Crippen molar-refractivity contribution in [3.63, 3.8) is 0 Å². The second-order valence-electron chi connectivity index (χ2n) is 9.51. The van der Waals surface area contributed by atoms with Crippen molar-refractivity contribution in [2.45, 2.75) is 59.5 Å². The van der Waals surface area contributed by atoms with E-state index in [9.17, 15) is 4.79 Å². The van der Waals surface area contributed by atoms with Crippen LogP contribution in [0.25, 0.3) is 28.3 Å². The van der Waals surface area contributed by atoms with E-state index in [4.69, 9.17) is 0 Å². The van der Waals surface area contributed by atoms with Crippen molar-refractivity contribution in [2.75, 3.05) is 0 Å². The van der Waals surface area contributed by atoms with Crippen LogP contribution < -0.4 is 5.69 Å². The second-order valence-corrected chi connectivity index (χ2v) is 9.51. The first-order valence-corrected chi connectivity index (χ1v) is 12.6. The Hall–Kier alpha value is -4.34. The van der Waals surface area contributed by atoms with Gasteiger partial charge in [0.15, 0.2) is 5.82 Å². The maximum Gasteiger partial charge on any atom is 0.334 e. The van der Waals surface area contributed by atoms with E-state index < -0.39 is 0 Å². The van der Waals surface area contributed by atoms with Crippen LogP contribution in [0.15, 0.2) is 59.9 Å². The Morgan fingerprint density at radius 1 is 1.05 bits per heavy atom. The molecule has 0 saturated heterocycles. The Kier molecular flexibility index (Phi) is 6.80. The molecule has 5 rings (SSSR count). The Labute approximate surface area is 215 Å². The summed E-state index contributed by atoms with van der Waals surface area (Å²) >= 11 is 0. The van der Waals surface area contributed by atoms with Gasteiger partial charge >= 0.3 is 5.69 Å². The van der Waals surface area contributed by atoms with E-state index in [0.29, 0.717) is 12.4 Å². The van der Waals surface area contributed by atoms with Crippen molar-refractivity contribution in [3.8, 4) is 28.3 Å². The summed E-state index contributed by atoms with van der Waals surface area (Å²) in [5.74, 6) is 1.44. The smallest absolute Gasteiger partial charge is 0.291 e. The van der Waals surface area contributed by atoms with Gasteiger partial charge in [-0.05, 0) is 66.8 Å². The molecule has 4 aromatic heterocycles. The molecule has 0 unspecified atom stereocenters. The van der Waals surface area contributed by atoms with Gasteiger partial charge in [-0.2, -0.15) is 5.10 Å². The number of rotatable bonds is 9. The zero-order valence-corrected chi connectivity index (χ0v) is 21.6. The summed E-state index contributed by atoms with van der Waals surface area (Å²) in [5, 5.41) is 18.6. The largest absolute Gasteiger partial charge is 0.334 e. The van der Waals surface area contributed by atoms with Crippen LogP contribution in [-0.4, -0.2) is 44.5 Å². The number of aromatic nitrogens is 9. The molecule has 0 atom stereocenters. The number of hydrogen-bond donors (Lipinski definition) is 1. The van der Waals surface area contributed by atoms with Crippen LogP contribution in [0.2, 0.25) is 0 Å². The molecule has 0 aliphatic carbocycles. The summed E-state index contributed by atoms with van der Waals surface area (Å²) in [7, 11) is 0. The van der Waals surface area contributed by atoms with Crippen molar-refractivity contribution in [2.24, 2.45) is 0 Å². The monoisotopic (exact) mass is 497 g/mol. The quantitative estimate of drug-likeness (QED) is 0.324. The van der Waals surface area contributed by atoms with E-state index in [1.807, 2.05) is 65.1 Å². The Morgan fingerprint density at radius 3 is 2.54 bits per heavy atom. The molecule has 0 radical (unpaired) electrons. The van der Waals surface area contributed by atoms with Crippen LogP contribution in [0.3, 0.4) is 0 Å². The highest BCUT2D eigenvalue weighted by atomic mass is 16.1. The van der Waals surface area contributed by atoms with E-state index in [-0.39, 0.29) is 11.7 Å². The minimum absolute atomic E-state index is 0.0698. The van der Waals surface area contributed by atoms with Gasteiger partial charge in [-0.3, -0.25) is 14.1 Å². The molecule has 190 valence electrons. The lowest BCUT2D eigenvalue weighted by Gasteiger charge is -2.13. The van der Waals surface area contributed by atoms with E-state index in [2.05, 4.69) is 51.5 Å². The summed E-state index contributed by atoms with van der Waals surface area (Å²) in [5.41, 5.74) is 5.84. The van der Waals surface area contributed by atoms with Crippen LogP contribution in [-0.2, 0) is 13.0 Å². The molecule has 0 amide bonds. The molecule has 10 heteroatoms. The lowest BCUT2D eigenvalue weighted by molar-refractivity contribution is 0.518. The molecule has 0 aliphatic rings. The minimum Gasteiger partial charge on any atom is -0.291 e. The topological polar surface area (TPSA) is 112 Å². The summed E-state index contributed by atoms with van der Waals surface area (Å²) in [6, 6.07) is 10.2. The maximum atomic E-state index is 13.8. The average Bonchev–Trinajstić information content (AvgIpc) is 3.64. The molecule has 10 nitrogen and oxygen atoms in total. The SMILES string of the molecule is CCCCc1cn(-c2c(C)cnn2C(C)C)c(=O)n1Cc1cnccc1-c1ccc(-c2nnn[nH]2)cc1.